The molecule has 0 aromatic carbocycles. The van der Waals surface area contributed by atoms with Gasteiger partial charge in [0.1, 0.15) is 0 Å². The summed E-state index contributed by atoms with van der Waals surface area (Å²) >= 11 is 0. The van der Waals surface area contributed by atoms with Gasteiger partial charge in [-0.1, -0.05) is 6.92 Å². The van der Waals surface area contributed by atoms with Crippen LogP contribution in [-0.2, 0) is 0 Å². The first-order valence-corrected chi connectivity index (χ1v) is 7.31. The van der Waals surface area contributed by atoms with Crippen molar-refractivity contribution in [2.24, 2.45) is 0 Å². The van der Waals surface area contributed by atoms with E-state index >= 15 is 0 Å². The number of piperazine rings is 1. The maximum absolute atomic E-state index is 3.66. The molecule has 0 amide bonds. The Morgan fingerprint density at radius 2 is 2.00 bits per heavy atom. The highest BCUT2D eigenvalue weighted by Crippen LogP contribution is 2.24. The van der Waals surface area contributed by atoms with Crippen molar-refractivity contribution in [3.05, 3.63) is 0 Å². The van der Waals surface area contributed by atoms with Gasteiger partial charge in [-0.15, -0.1) is 0 Å². The lowest BCUT2D eigenvalue weighted by atomic mass is 9.94. The second kappa shape index (κ2) is 5.68. The van der Waals surface area contributed by atoms with Gasteiger partial charge in [0.05, 0.1) is 0 Å². The summed E-state index contributed by atoms with van der Waals surface area (Å²) in [4.78, 5) is 5.27. The molecule has 0 aromatic heterocycles. The van der Waals surface area contributed by atoms with Crippen molar-refractivity contribution >= 4 is 0 Å². The lowest BCUT2D eigenvalue weighted by Crippen LogP contribution is -2.60. The first-order valence-electron chi connectivity index (χ1n) is 7.31. The first-order chi connectivity index (χ1) is 8.11. The Kier molecular flexibility index (Phi) is 4.45. The van der Waals surface area contributed by atoms with Crippen molar-refractivity contribution < 1.29 is 0 Å². The van der Waals surface area contributed by atoms with Crippen molar-refractivity contribution in [1.29, 1.82) is 0 Å². The lowest BCUT2D eigenvalue weighted by molar-refractivity contribution is 0.0362. The number of nitrogens with zero attached hydrogens (tertiary/aromatic N) is 2. The minimum atomic E-state index is 0.707. The summed E-state index contributed by atoms with van der Waals surface area (Å²) in [6, 6.07) is 2.97. The van der Waals surface area contributed by atoms with E-state index < -0.39 is 0 Å². The molecule has 100 valence electrons. The predicted octanol–water partition coefficient (Wildman–Crippen LogP) is 1.54. The van der Waals surface area contributed by atoms with Gasteiger partial charge in [-0.2, -0.15) is 0 Å². The molecule has 0 aromatic rings. The van der Waals surface area contributed by atoms with E-state index in [0.29, 0.717) is 12.1 Å². The maximum Gasteiger partial charge on any atom is 0.0196 e. The van der Waals surface area contributed by atoms with Crippen molar-refractivity contribution in [2.75, 3.05) is 26.7 Å². The molecule has 2 fully saturated rings. The fraction of sp³-hybridized carbons (Fsp3) is 1.00. The average molecular weight is 239 g/mol. The van der Waals surface area contributed by atoms with Crippen molar-refractivity contribution in [1.82, 2.24) is 15.1 Å². The third-order valence-corrected chi connectivity index (χ3v) is 4.84. The molecular formula is C14H29N3. The van der Waals surface area contributed by atoms with Crippen LogP contribution in [0.15, 0.2) is 0 Å². The fourth-order valence-electron chi connectivity index (χ4n) is 3.30. The van der Waals surface area contributed by atoms with Crippen molar-refractivity contribution in [2.45, 2.75) is 64.2 Å². The highest BCUT2D eigenvalue weighted by molar-refractivity contribution is 4.91. The van der Waals surface area contributed by atoms with E-state index in [2.05, 4.69) is 42.9 Å². The first kappa shape index (κ1) is 13.3. The minimum Gasteiger partial charge on any atom is -0.311 e. The Morgan fingerprint density at radius 3 is 2.65 bits per heavy atom. The number of hydrogen-bond acceptors (Lipinski definition) is 3. The van der Waals surface area contributed by atoms with E-state index in [4.69, 9.17) is 0 Å². The van der Waals surface area contributed by atoms with Crippen molar-refractivity contribution in [3.8, 4) is 0 Å². The molecule has 3 nitrogen and oxygen atoms in total. The molecule has 2 rings (SSSR count). The smallest absolute Gasteiger partial charge is 0.0196 e. The Bertz CT molecular complexity index is 244. The molecule has 2 aliphatic heterocycles. The monoisotopic (exact) mass is 239 g/mol. The molecule has 17 heavy (non-hydrogen) atoms. The van der Waals surface area contributed by atoms with Crippen LogP contribution in [0.3, 0.4) is 0 Å². The summed E-state index contributed by atoms with van der Waals surface area (Å²) in [7, 11) is 2.26. The largest absolute Gasteiger partial charge is 0.311 e. The number of likely N-dealkylation sites (tertiary alicyclic amines) is 1. The Labute approximate surface area is 107 Å². The van der Waals surface area contributed by atoms with Crippen molar-refractivity contribution in [3.63, 3.8) is 0 Å². The predicted molar refractivity (Wildman–Crippen MR) is 73.4 cm³/mol. The van der Waals surface area contributed by atoms with Gasteiger partial charge < -0.3 is 10.2 Å². The molecule has 2 aliphatic rings. The maximum atomic E-state index is 3.66. The average Bonchev–Trinajstić information content (AvgIpc) is 2.33. The minimum absolute atomic E-state index is 0.707. The quantitative estimate of drug-likeness (QED) is 0.788. The third kappa shape index (κ3) is 3.01. The Hall–Kier alpha value is -0.120. The Balaban J connectivity index is 1.95. The van der Waals surface area contributed by atoms with Gasteiger partial charge in [-0.05, 0) is 46.7 Å². The van der Waals surface area contributed by atoms with Gasteiger partial charge in [0.15, 0.2) is 0 Å². The molecular weight excluding hydrogens is 210 g/mol. The number of rotatable bonds is 2. The van der Waals surface area contributed by atoms with E-state index in [0.717, 1.165) is 12.1 Å². The van der Waals surface area contributed by atoms with E-state index in [-0.39, 0.29) is 0 Å². The second-order valence-electron chi connectivity index (χ2n) is 6.07. The normalized spacial score (nSPS) is 41.6. The zero-order valence-corrected chi connectivity index (χ0v) is 11.9. The summed E-state index contributed by atoms with van der Waals surface area (Å²) in [6.45, 7) is 10.7. The zero-order chi connectivity index (χ0) is 12.4. The van der Waals surface area contributed by atoms with Gasteiger partial charge in [-0.25, -0.2) is 0 Å². The molecule has 0 radical (unpaired) electrons. The van der Waals surface area contributed by atoms with Gasteiger partial charge >= 0.3 is 0 Å². The summed E-state index contributed by atoms with van der Waals surface area (Å²) in [5, 5.41) is 3.66. The van der Waals surface area contributed by atoms with E-state index in [1.807, 2.05) is 0 Å². The van der Waals surface area contributed by atoms with E-state index in [9.17, 15) is 0 Å². The third-order valence-electron chi connectivity index (χ3n) is 4.84. The van der Waals surface area contributed by atoms with Crippen LogP contribution in [-0.4, -0.2) is 60.6 Å². The second-order valence-corrected chi connectivity index (χ2v) is 6.07. The number of hydrogen-bond donors (Lipinski definition) is 1. The van der Waals surface area contributed by atoms with Gasteiger partial charge in [-0.3, -0.25) is 4.90 Å². The number of nitrogens with one attached hydrogen (secondary N) is 1. The van der Waals surface area contributed by atoms with Crippen LogP contribution in [0.1, 0.15) is 40.0 Å². The fourth-order valence-corrected chi connectivity index (χ4v) is 3.30. The van der Waals surface area contributed by atoms with Gasteiger partial charge in [0.25, 0.3) is 0 Å². The zero-order valence-electron chi connectivity index (χ0n) is 11.9. The van der Waals surface area contributed by atoms with Crippen LogP contribution in [0.4, 0.5) is 0 Å². The molecule has 1 N–H and O–H groups in total. The van der Waals surface area contributed by atoms with Crippen LogP contribution in [0.2, 0.25) is 0 Å². The molecule has 0 spiro atoms. The summed E-state index contributed by atoms with van der Waals surface area (Å²) in [5.41, 5.74) is 0. The topological polar surface area (TPSA) is 18.5 Å². The Morgan fingerprint density at radius 1 is 1.24 bits per heavy atom. The van der Waals surface area contributed by atoms with Gasteiger partial charge in [0.2, 0.25) is 0 Å². The molecule has 0 bridgehead atoms. The number of piperidine rings is 1. The highest BCUT2D eigenvalue weighted by Gasteiger charge is 2.33. The summed E-state index contributed by atoms with van der Waals surface area (Å²) < 4.78 is 0. The van der Waals surface area contributed by atoms with Crippen LogP contribution in [0.5, 0.6) is 0 Å². The van der Waals surface area contributed by atoms with E-state index in [1.54, 1.807) is 0 Å². The molecule has 0 aliphatic carbocycles. The van der Waals surface area contributed by atoms with Crippen LogP contribution < -0.4 is 5.32 Å². The molecule has 0 saturated carbocycles. The molecule has 4 atom stereocenters. The molecule has 2 saturated heterocycles. The molecule has 3 heteroatoms. The summed E-state index contributed by atoms with van der Waals surface area (Å²) in [6.07, 6.45) is 3.95. The molecule has 4 unspecified atom stereocenters. The van der Waals surface area contributed by atoms with Gasteiger partial charge in [0, 0.05) is 37.3 Å². The van der Waals surface area contributed by atoms with Crippen LogP contribution >= 0.6 is 0 Å². The standard InChI is InChI=1S/C14H29N3/c1-5-13-10-17(12(3)9-15-13)14-6-7-16(4)11(2)8-14/h11-15H,5-10H2,1-4H3. The highest BCUT2D eigenvalue weighted by atomic mass is 15.3. The molecule has 2 heterocycles. The lowest BCUT2D eigenvalue weighted by Gasteiger charge is -2.47. The van der Waals surface area contributed by atoms with Crippen LogP contribution in [0.25, 0.3) is 0 Å². The SMILES string of the molecule is CCC1CN(C2CCN(C)C(C)C2)C(C)CN1. The van der Waals surface area contributed by atoms with E-state index in [1.165, 1.54) is 38.9 Å². The summed E-state index contributed by atoms with van der Waals surface area (Å²) in [5.74, 6) is 0. The van der Waals surface area contributed by atoms with Crippen LogP contribution in [0, 0.1) is 0 Å².